The van der Waals surface area contributed by atoms with Gasteiger partial charge in [-0.2, -0.15) is 11.8 Å². The summed E-state index contributed by atoms with van der Waals surface area (Å²) in [7, 11) is -0.371. The van der Waals surface area contributed by atoms with Gasteiger partial charge in [-0.15, -0.1) is 0 Å². The number of fused-ring (bicyclic) bond motifs is 2. The van der Waals surface area contributed by atoms with Crippen LogP contribution < -0.4 is 4.74 Å². The zero-order valence-electron chi connectivity index (χ0n) is 16.7. The van der Waals surface area contributed by atoms with Gasteiger partial charge in [0.15, 0.2) is 26.3 Å². The molecule has 0 aliphatic carbocycles. The number of benzene rings is 3. The maximum absolute atomic E-state index is 15.3. The third kappa shape index (κ3) is 3.57. The first-order chi connectivity index (χ1) is 14.7. The molecule has 2 bridgehead atoms. The minimum Gasteiger partial charge on any atom is -0.479 e. The van der Waals surface area contributed by atoms with Crippen molar-refractivity contribution < 1.29 is 9.13 Å². The summed E-state index contributed by atoms with van der Waals surface area (Å²) in [5.74, 6) is 0.0299. The number of halogens is 1. The minimum atomic E-state index is -0.448. The number of hydrogen-bond donors (Lipinski definition) is 0. The van der Waals surface area contributed by atoms with E-state index in [9.17, 15) is 0 Å². The van der Waals surface area contributed by atoms with Crippen LogP contribution in [0.5, 0.6) is 5.75 Å². The van der Waals surface area contributed by atoms with Crippen molar-refractivity contribution in [2.45, 2.75) is 50.0 Å². The lowest BCUT2D eigenvalue weighted by Crippen LogP contribution is -2.42. The van der Waals surface area contributed by atoms with Gasteiger partial charge >= 0.3 is 0 Å². The van der Waals surface area contributed by atoms with E-state index in [1.165, 1.54) is 16.2 Å². The summed E-state index contributed by atoms with van der Waals surface area (Å²) < 4.78 is 21.6. The van der Waals surface area contributed by atoms with E-state index < -0.39 is 5.60 Å². The smallest absolute Gasteiger partial charge is 0.170 e. The van der Waals surface area contributed by atoms with Gasteiger partial charge in [-0.3, -0.25) is 0 Å². The lowest BCUT2D eigenvalue weighted by molar-refractivity contribution is 0.0944. The highest BCUT2D eigenvalue weighted by Gasteiger charge is 2.52. The average Bonchev–Trinajstić information content (AvgIpc) is 3.39. The van der Waals surface area contributed by atoms with Crippen LogP contribution in [0.3, 0.4) is 0 Å². The van der Waals surface area contributed by atoms with Gasteiger partial charge in [0.1, 0.15) is 5.60 Å². The molecular formula is C26H24FOS2+. The van der Waals surface area contributed by atoms with E-state index >= 15 is 4.39 Å². The molecule has 0 saturated carbocycles. The molecule has 2 heterocycles. The number of hydrogen-bond acceptors (Lipinski definition) is 2. The summed E-state index contributed by atoms with van der Waals surface area (Å²) in [5, 5.41) is 0.986. The summed E-state index contributed by atoms with van der Waals surface area (Å²) in [6, 6.07) is 26.1. The second-order valence-electron chi connectivity index (χ2n) is 7.81. The largest absolute Gasteiger partial charge is 0.479 e. The number of thioether (sulfide) groups is 1. The van der Waals surface area contributed by atoms with Crippen LogP contribution in [0.1, 0.15) is 19.3 Å². The Balaban J connectivity index is 1.49. The van der Waals surface area contributed by atoms with Gasteiger partial charge in [0.2, 0.25) is 0 Å². The highest BCUT2D eigenvalue weighted by atomic mass is 32.2. The molecule has 3 unspecified atom stereocenters. The van der Waals surface area contributed by atoms with Crippen molar-refractivity contribution in [2.75, 3.05) is 0 Å². The number of rotatable bonds is 6. The highest BCUT2D eigenvalue weighted by Crippen LogP contribution is 2.54. The summed E-state index contributed by atoms with van der Waals surface area (Å²) >= 11 is 1.97. The SMILES string of the molecule is C=CC1(Oc2ccc([S+](c3ccccc3)c3ccccc3)cc2F)CC2CCC1S2. The molecule has 2 fully saturated rings. The van der Waals surface area contributed by atoms with Gasteiger partial charge in [0.25, 0.3) is 0 Å². The quantitative estimate of drug-likeness (QED) is 0.308. The fourth-order valence-electron chi connectivity index (χ4n) is 4.48. The second-order valence-corrected chi connectivity index (χ2v) is 11.3. The van der Waals surface area contributed by atoms with Crippen molar-refractivity contribution in [3.8, 4) is 5.75 Å². The lowest BCUT2D eigenvalue weighted by Gasteiger charge is -2.34. The average molecular weight is 436 g/mol. The van der Waals surface area contributed by atoms with Crippen LogP contribution in [-0.2, 0) is 10.9 Å². The molecule has 2 aliphatic heterocycles. The molecule has 0 radical (unpaired) electrons. The molecule has 3 aromatic carbocycles. The molecular weight excluding hydrogens is 411 g/mol. The first-order valence-corrected chi connectivity index (χ1v) is 12.5. The molecule has 0 spiro atoms. The van der Waals surface area contributed by atoms with Crippen molar-refractivity contribution in [1.29, 1.82) is 0 Å². The van der Waals surface area contributed by atoms with Crippen LogP contribution in [0.25, 0.3) is 0 Å². The normalized spacial score (nSPS) is 24.9. The Hall–Kier alpha value is -2.17. The molecule has 152 valence electrons. The molecule has 4 heteroatoms. The standard InChI is InChI=1S/C26H24FOS2/c1-2-26(18-19-13-16-25(26)29-19)28-24-15-14-22(17-23(24)27)30(20-9-5-3-6-10-20)21-11-7-4-8-12-21/h2-12,14-15,17,19,25H,1,13,16,18H2/q+1. The van der Waals surface area contributed by atoms with E-state index in [0.717, 1.165) is 17.7 Å². The van der Waals surface area contributed by atoms with Crippen LogP contribution in [0, 0.1) is 5.82 Å². The number of ether oxygens (including phenoxy) is 1. The summed E-state index contributed by atoms with van der Waals surface area (Å²) in [6.07, 6.45) is 5.17. The van der Waals surface area contributed by atoms with Crippen LogP contribution >= 0.6 is 11.8 Å². The molecule has 0 amide bonds. The van der Waals surface area contributed by atoms with Crippen LogP contribution in [0.4, 0.5) is 4.39 Å². The third-order valence-corrected chi connectivity index (χ3v) is 9.90. The van der Waals surface area contributed by atoms with Crippen LogP contribution in [0.2, 0.25) is 0 Å². The Kier molecular flexibility index (Phi) is 5.38. The van der Waals surface area contributed by atoms with Gasteiger partial charge in [0.05, 0.1) is 10.9 Å². The lowest BCUT2D eigenvalue weighted by atomic mass is 9.84. The molecule has 5 rings (SSSR count). The van der Waals surface area contributed by atoms with Crippen molar-refractivity contribution in [3.05, 3.63) is 97.3 Å². The van der Waals surface area contributed by atoms with E-state index in [1.54, 1.807) is 12.1 Å². The highest BCUT2D eigenvalue weighted by molar-refractivity contribution is 8.01. The predicted molar refractivity (Wildman–Crippen MR) is 124 cm³/mol. The Morgan fingerprint density at radius 3 is 2.10 bits per heavy atom. The van der Waals surface area contributed by atoms with Crippen molar-refractivity contribution in [2.24, 2.45) is 0 Å². The monoisotopic (exact) mass is 435 g/mol. The maximum atomic E-state index is 15.3. The zero-order valence-corrected chi connectivity index (χ0v) is 18.3. The van der Waals surface area contributed by atoms with Gasteiger partial charge in [-0.25, -0.2) is 4.39 Å². The van der Waals surface area contributed by atoms with Gasteiger partial charge < -0.3 is 4.74 Å². The first-order valence-electron chi connectivity index (χ1n) is 10.3. The fraction of sp³-hybridized carbons (Fsp3) is 0.231. The van der Waals surface area contributed by atoms with Crippen molar-refractivity contribution in [1.82, 2.24) is 0 Å². The molecule has 30 heavy (non-hydrogen) atoms. The van der Waals surface area contributed by atoms with Crippen LogP contribution in [-0.4, -0.2) is 16.1 Å². The third-order valence-electron chi connectivity index (χ3n) is 5.94. The summed E-state index contributed by atoms with van der Waals surface area (Å²) in [4.78, 5) is 3.29. The van der Waals surface area contributed by atoms with Gasteiger partial charge in [0, 0.05) is 23.0 Å². The predicted octanol–water partition coefficient (Wildman–Crippen LogP) is 6.89. The second kappa shape index (κ2) is 8.16. The molecule has 3 aromatic rings. The fourth-order valence-corrected chi connectivity index (χ4v) is 8.42. The summed E-state index contributed by atoms with van der Waals surface area (Å²) in [6.45, 7) is 4.03. The molecule has 3 atom stereocenters. The van der Waals surface area contributed by atoms with Crippen LogP contribution in [0.15, 0.2) is 106 Å². The minimum absolute atomic E-state index is 0.300. The van der Waals surface area contributed by atoms with Crippen molar-refractivity contribution >= 4 is 22.7 Å². The van der Waals surface area contributed by atoms with E-state index in [-0.39, 0.29) is 16.7 Å². The zero-order chi connectivity index (χ0) is 20.6. The maximum Gasteiger partial charge on any atom is 0.170 e. The van der Waals surface area contributed by atoms with E-state index in [0.29, 0.717) is 16.2 Å². The Morgan fingerprint density at radius 1 is 0.933 bits per heavy atom. The van der Waals surface area contributed by atoms with E-state index in [1.807, 2.05) is 60.3 Å². The van der Waals surface area contributed by atoms with Gasteiger partial charge in [-0.1, -0.05) is 43.0 Å². The first kappa shape index (κ1) is 19.8. The summed E-state index contributed by atoms with van der Waals surface area (Å²) in [5.41, 5.74) is -0.448. The molecule has 1 nitrogen and oxygen atoms in total. The molecule has 2 saturated heterocycles. The topological polar surface area (TPSA) is 9.23 Å². The van der Waals surface area contributed by atoms with Crippen molar-refractivity contribution in [3.63, 3.8) is 0 Å². The van der Waals surface area contributed by atoms with E-state index in [4.69, 9.17) is 4.74 Å². The Bertz CT molecular complexity index is 1000. The van der Waals surface area contributed by atoms with E-state index in [2.05, 4.69) is 30.8 Å². The Morgan fingerprint density at radius 2 is 1.60 bits per heavy atom. The van der Waals surface area contributed by atoms with Gasteiger partial charge in [-0.05, 0) is 55.3 Å². The molecule has 2 aliphatic rings. The molecule has 0 aromatic heterocycles. The Labute approximate surface area is 184 Å². The molecule has 0 N–H and O–H groups in total.